The highest BCUT2D eigenvalue weighted by Crippen LogP contribution is 2.01. The Hall–Kier alpha value is -1.63. The standard InChI is InChI=1S/C12H22N4O3/c1-10(17)13-3-4-14-12(19)9-15-5-7-16(8-6-15)11(2)18/h3-9H2,1-2H3,(H,13,17)(H,14,19). The van der Waals surface area contributed by atoms with Gasteiger partial charge in [-0.2, -0.15) is 0 Å². The van der Waals surface area contributed by atoms with Gasteiger partial charge in [-0.3, -0.25) is 19.3 Å². The molecule has 1 aliphatic heterocycles. The van der Waals surface area contributed by atoms with E-state index in [1.165, 1.54) is 6.92 Å². The Kier molecular flexibility index (Phi) is 6.27. The molecule has 1 rings (SSSR count). The molecule has 0 aromatic rings. The van der Waals surface area contributed by atoms with Gasteiger partial charge in [0.05, 0.1) is 6.54 Å². The van der Waals surface area contributed by atoms with E-state index in [0.29, 0.717) is 32.7 Å². The Morgan fingerprint density at radius 1 is 0.947 bits per heavy atom. The van der Waals surface area contributed by atoms with Crippen molar-refractivity contribution in [2.75, 3.05) is 45.8 Å². The van der Waals surface area contributed by atoms with Crippen LogP contribution in [0.3, 0.4) is 0 Å². The van der Waals surface area contributed by atoms with Crippen LogP contribution in [0.4, 0.5) is 0 Å². The van der Waals surface area contributed by atoms with Crippen molar-refractivity contribution < 1.29 is 14.4 Å². The summed E-state index contributed by atoms with van der Waals surface area (Å²) in [4.78, 5) is 37.2. The molecule has 1 saturated heterocycles. The number of piperazine rings is 1. The van der Waals surface area contributed by atoms with E-state index in [2.05, 4.69) is 10.6 Å². The van der Waals surface area contributed by atoms with Crippen molar-refractivity contribution in [1.29, 1.82) is 0 Å². The second kappa shape index (κ2) is 7.73. The summed E-state index contributed by atoms with van der Waals surface area (Å²) in [5.74, 6) is -0.0735. The summed E-state index contributed by atoms with van der Waals surface area (Å²) < 4.78 is 0. The van der Waals surface area contributed by atoms with Crippen molar-refractivity contribution >= 4 is 17.7 Å². The van der Waals surface area contributed by atoms with Crippen LogP contribution in [-0.4, -0.2) is 73.3 Å². The first kappa shape index (κ1) is 15.4. The lowest BCUT2D eigenvalue weighted by molar-refractivity contribution is -0.131. The van der Waals surface area contributed by atoms with E-state index in [0.717, 1.165) is 13.1 Å². The van der Waals surface area contributed by atoms with E-state index in [4.69, 9.17) is 0 Å². The van der Waals surface area contributed by atoms with Crippen molar-refractivity contribution in [3.63, 3.8) is 0 Å². The molecule has 0 unspecified atom stereocenters. The molecule has 7 heteroatoms. The fraction of sp³-hybridized carbons (Fsp3) is 0.750. The Bertz CT molecular complexity index is 338. The van der Waals surface area contributed by atoms with Crippen LogP contribution in [-0.2, 0) is 14.4 Å². The average Bonchev–Trinajstić information content (AvgIpc) is 2.35. The van der Waals surface area contributed by atoms with Crippen molar-refractivity contribution in [2.24, 2.45) is 0 Å². The van der Waals surface area contributed by atoms with E-state index in [-0.39, 0.29) is 17.7 Å². The van der Waals surface area contributed by atoms with Gasteiger partial charge in [-0.25, -0.2) is 0 Å². The zero-order valence-corrected chi connectivity index (χ0v) is 11.6. The van der Waals surface area contributed by atoms with Gasteiger partial charge < -0.3 is 15.5 Å². The summed E-state index contributed by atoms with van der Waals surface area (Å²) in [6, 6.07) is 0. The highest BCUT2D eigenvalue weighted by molar-refractivity contribution is 5.78. The van der Waals surface area contributed by atoms with Gasteiger partial charge in [0, 0.05) is 53.1 Å². The first-order valence-corrected chi connectivity index (χ1v) is 6.48. The van der Waals surface area contributed by atoms with E-state index >= 15 is 0 Å². The Morgan fingerprint density at radius 3 is 2.05 bits per heavy atom. The van der Waals surface area contributed by atoms with Crippen LogP contribution in [0.5, 0.6) is 0 Å². The topological polar surface area (TPSA) is 81.8 Å². The molecule has 0 aliphatic carbocycles. The molecule has 0 radical (unpaired) electrons. The summed E-state index contributed by atoms with van der Waals surface area (Å²) in [6.45, 7) is 7.01. The molecule has 0 spiro atoms. The van der Waals surface area contributed by atoms with Gasteiger partial charge in [0.2, 0.25) is 17.7 Å². The van der Waals surface area contributed by atoms with Gasteiger partial charge in [0.25, 0.3) is 0 Å². The summed E-state index contributed by atoms with van der Waals surface area (Å²) in [7, 11) is 0. The fourth-order valence-electron chi connectivity index (χ4n) is 1.92. The fourth-order valence-corrected chi connectivity index (χ4v) is 1.92. The highest BCUT2D eigenvalue weighted by Gasteiger charge is 2.19. The average molecular weight is 270 g/mol. The Labute approximate surface area is 113 Å². The molecule has 1 heterocycles. The third-order valence-corrected chi connectivity index (χ3v) is 3.01. The SMILES string of the molecule is CC(=O)NCCNC(=O)CN1CCN(C(C)=O)CC1. The maximum atomic E-state index is 11.6. The van der Waals surface area contributed by atoms with E-state index < -0.39 is 0 Å². The predicted octanol–water partition coefficient (Wildman–Crippen LogP) is -1.60. The van der Waals surface area contributed by atoms with Crippen LogP contribution in [0.2, 0.25) is 0 Å². The molecule has 1 fully saturated rings. The predicted molar refractivity (Wildman–Crippen MR) is 70.4 cm³/mol. The molecule has 3 amide bonds. The van der Waals surface area contributed by atoms with E-state index in [9.17, 15) is 14.4 Å². The smallest absolute Gasteiger partial charge is 0.234 e. The van der Waals surface area contributed by atoms with Crippen LogP contribution < -0.4 is 10.6 Å². The molecule has 0 aromatic heterocycles. The summed E-state index contributed by atoms with van der Waals surface area (Å²) in [5.41, 5.74) is 0. The monoisotopic (exact) mass is 270 g/mol. The van der Waals surface area contributed by atoms with Crippen molar-refractivity contribution in [2.45, 2.75) is 13.8 Å². The number of nitrogens with one attached hydrogen (secondary N) is 2. The highest BCUT2D eigenvalue weighted by atomic mass is 16.2. The summed E-state index contributed by atoms with van der Waals surface area (Å²) in [5, 5.41) is 5.35. The number of nitrogens with zero attached hydrogens (tertiary/aromatic N) is 2. The minimum absolute atomic E-state index is 0.0540. The molecule has 0 bridgehead atoms. The van der Waals surface area contributed by atoms with Crippen LogP contribution in [0, 0.1) is 0 Å². The van der Waals surface area contributed by atoms with Crippen LogP contribution in [0.25, 0.3) is 0 Å². The number of carbonyl (C=O) groups excluding carboxylic acids is 3. The zero-order valence-electron chi connectivity index (χ0n) is 11.6. The molecule has 108 valence electrons. The maximum absolute atomic E-state index is 11.6. The normalized spacial score (nSPS) is 16.0. The second-order valence-corrected chi connectivity index (χ2v) is 4.62. The van der Waals surface area contributed by atoms with Gasteiger partial charge in [0.1, 0.15) is 0 Å². The molecule has 19 heavy (non-hydrogen) atoms. The molecule has 2 N–H and O–H groups in total. The number of amides is 3. The maximum Gasteiger partial charge on any atom is 0.234 e. The molecule has 0 saturated carbocycles. The van der Waals surface area contributed by atoms with Crippen molar-refractivity contribution in [3.8, 4) is 0 Å². The number of hydrogen-bond acceptors (Lipinski definition) is 4. The largest absolute Gasteiger partial charge is 0.355 e. The van der Waals surface area contributed by atoms with Gasteiger partial charge >= 0.3 is 0 Å². The lowest BCUT2D eigenvalue weighted by atomic mass is 10.3. The summed E-state index contributed by atoms with van der Waals surface area (Å²) >= 11 is 0. The molecule has 0 atom stereocenters. The number of rotatable bonds is 5. The Morgan fingerprint density at radius 2 is 1.53 bits per heavy atom. The van der Waals surface area contributed by atoms with Gasteiger partial charge in [-0.1, -0.05) is 0 Å². The molecular weight excluding hydrogens is 248 g/mol. The second-order valence-electron chi connectivity index (χ2n) is 4.62. The van der Waals surface area contributed by atoms with Crippen LogP contribution >= 0.6 is 0 Å². The number of carbonyl (C=O) groups is 3. The molecule has 0 aromatic carbocycles. The number of hydrogen-bond donors (Lipinski definition) is 2. The minimum Gasteiger partial charge on any atom is -0.355 e. The van der Waals surface area contributed by atoms with Crippen molar-refractivity contribution in [1.82, 2.24) is 20.4 Å². The first-order chi connectivity index (χ1) is 8.99. The lowest BCUT2D eigenvalue weighted by Crippen LogP contribution is -2.51. The zero-order chi connectivity index (χ0) is 14.3. The third-order valence-electron chi connectivity index (χ3n) is 3.01. The van der Waals surface area contributed by atoms with E-state index in [1.54, 1.807) is 11.8 Å². The molecule has 7 nitrogen and oxygen atoms in total. The quantitative estimate of drug-likeness (QED) is 0.590. The van der Waals surface area contributed by atoms with Crippen molar-refractivity contribution in [3.05, 3.63) is 0 Å². The van der Waals surface area contributed by atoms with Gasteiger partial charge in [-0.05, 0) is 0 Å². The van der Waals surface area contributed by atoms with E-state index in [1.807, 2.05) is 4.90 Å². The summed E-state index contributed by atoms with van der Waals surface area (Å²) in [6.07, 6.45) is 0. The van der Waals surface area contributed by atoms with Crippen LogP contribution in [0.1, 0.15) is 13.8 Å². The Balaban J connectivity index is 2.13. The first-order valence-electron chi connectivity index (χ1n) is 6.48. The van der Waals surface area contributed by atoms with Crippen LogP contribution in [0.15, 0.2) is 0 Å². The third kappa shape index (κ3) is 6.19. The lowest BCUT2D eigenvalue weighted by Gasteiger charge is -2.33. The molecular formula is C12H22N4O3. The van der Waals surface area contributed by atoms with Gasteiger partial charge in [-0.15, -0.1) is 0 Å². The van der Waals surface area contributed by atoms with Gasteiger partial charge in [0.15, 0.2) is 0 Å². The minimum atomic E-state index is -0.102. The molecule has 1 aliphatic rings.